The summed E-state index contributed by atoms with van der Waals surface area (Å²) < 4.78 is 12.3. The molecular formula is C25H38N2O2Si. The molecule has 2 aromatic carbocycles. The lowest BCUT2D eigenvalue weighted by atomic mass is 9.97. The maximum absolute atomic E-state index is 6.61. The summed E-state index contributed by atoms with van der Waals surface area (Å²) in [5, 5.41) is 2.44. The van der Waals surface area contributed by atoms with Crippen molar-refractivity contribution in [1.29, 1.82) is 0 Å². The zero-order valence-electron chi connectivity index (χ0n) is 19.5. The number of aryl methyl sites for hydroxylation is 2. The fraction of sp³-hybridized carbons (Fsp3) is 0.440. The van der Waals surface area contributed by atoms with Crippen molar-refractivity contribution in [3.63, 3.8) is 0 Å². The molecule has 0 aliphatic rings. The van der Waals surface area contributed by atoms with Crippen molar-refractivity contribution in [2.45, 2.75) is 52.8 Å². The van der Waals surface area contributed by atoms with E-state index >= 15 is 0 Å². The number of furan rings is 1. The quantitative estimate of drug-likeness (QED) is 0.509. The SMILES string of the molecule is CCCc1c(OC)cc(C)c2c(-c3ccccc3)c([Si](C)(C)C)oc12.NCCCN. The molecule has 164 valence electrons. The first kappa shape index (κ1) is 24.2. The fourth-order valence-corrected chi connectivity index (χ4v) is 5.11. The van der Waals surface area contributed by atoms with Crippen LogP contribution in [-0.2, 0) is 6.42 Å². The van der Waals surface area contributed by atoms with Crippen molar-refractivity contribution in [2.24, 2.45) is 11.5 Å². The molecule has 30 heavy (non-hydrogen) atoms. The van der Waals surface area contributed by atoms with Gasteiger partial charge in [0.2, 0.25) is 0 Å². The molecule has 0 spiro atoms. The highest BCUT2D eigenvalue weighted by Crippen LogP contribution is 2.39. The van der Waals surface area contributed by atoms with E-state index in [1.165, 1.54) is 33.0 Å². The Morgan fingerprint density at radius 2 is 1.67 bits per heavy atom. The van der Waals surface area contributed by atoms with E-state index in [0.717, 1.165) is 43.7 Å². The van der Waals surface area contributed by atoms with Crippen molar-refractivity contribution in [1.82, 2.24) is 0 Å². The minimum atomic E-state index is -1.65. The van der Waals surface area contributed by atoms with Gasteiger partial charge in [0, 0.05) is 16.5 Å². The summed E-state index contributed by atoms with van der Waals surface area (Å²) >= 11 is 0. The number of rotatable bonds is 7. The maximum atomic E-state index is 6.61. The summed E-state index contributed by atoms with van der Waals surface area (Å²) in [7, 11) is 0.103. The highest BCUT2D eigenvalue weighted by molar-refractivity contribution is 6.89. The average molecular weight is 427 g/mol. The van der Waals surface area contributed by atoms with Gasteiger partial charge < -0.3 is 20.6 Å². The molecule has 0 amide bonds. The van der Waals surface area contributed by atoms with Crippen molar-refractivity contribution < 1.29 is 9.15 Å². The van der Waals surface area contributed by atoms with Crippen molar-refractivity contribution in [3.05, 3.63) is 47.5 Å². The van der Waals surface area contributed by atoms with Gasteiger partial charge in [0.05, 0.1) is 12.5 Å². The zero-order chi connectivity index (χ0) is 22.3. The number of nitrogens with two attached hydrogens (primary N) is 2. The Bertz CT molecular complexity index is 941. The van der Waals surface area contributed by atoms with E-state index in [-0.39, 0.29) is 0 Å². The summed E-state index contributed by atoms with van der Waals surface area (Å²) in [5.41, 5.74) is 16.1. The first-order valence-electron chi connectivity index (χ1n) is 10.9. The highest BCUT2D eigenvalue weighted by Gasteiger charge is 2.30. The predicted molar refractivity (Wildman–Crippen MR) is 133 cm³/mol. The van der Waals surface area contributed by atoms with Crippen LogP contribution >= 0.6 is 0 Å². The van der Waals surface area contributed by atoms with Crippen LogP contribution in [0.1, 0.15) is 30.9 Å². The molecule has 0 unspecified atom stereocenters. The lowest BCUT2D eigenvalue weighted by Crippen LogP contribution is -2.37. The summed E-state index contributed by atoms with van der Waals surface area (Å²) in [6.45, 7) is 12.9. The Kier molecular flexibility index (Phi) is 8.71. The number of methoxy groups -OCH3 is 1. The molecule has 4 N–H and O–H groups in total. The molecule has 5 heteroatoms. The van der Waals surface area contributed by atoms with E-state index in [4.69, 9.17) is 20.6 Å². The lowest BCUT2D eigenvalue weighted by Gasteiger charge is -2.15. The average Bonchev–Trinajstić information content (AvgIpc) is 3.13. The summed E-state index contributed by atoms with van der Waals surface area (Å²) in [6.07, 6.45) is 2.98. The van der Waals surface area contributed by atoms with E-state index in [9.17, 15) is 0 Å². The third-order valence-corrected chi connectivity index (χ3v) is 6.81. The van der Waals surface area contributed by atoms with Gasteiger partial charge in [-0.05, 0) is 50.0 Å². The third kappa shape index (κ3) is 5.34. The van der Waals surface area contributed by atoms with Gasteiger partial charge in [-0.15, -0.1) is 0 Å². The van der Waals surface area contributed by atoms with Gasteiger partial charge in [-0.1, -0.05) is 63.3 Å². The predicted octanol–water partition coefficient (Wildman–Crippen LogP) is 5.21. The van der Waals surface area contributed by atoms with Gasteiger partial charge in [-0.25, -0.2) is 0 Å². The maximum Gasteiger partial charge on any atom is 0.141 e. The smallest absolute Gasteiger partial charge is 0.141 e. The largest absolute Gasteiger partial charge is 0.496 e. The monoisotopic (exact) mass is 426 g/mol. The van der Waals surface area contributed by atoms with Crippen LogP contribution in [-0.4, -0.2) is 28.3 Å². The van der Waals surface area contributed by atoms with Crippen LogP contribution < -0.4 is 21.6 Å². The van der Waals surface area contributed by atoms with Gasteiger partial charge in [0.15, 0.2) is 0 Å². The zero-order valence-corrected chi connectivity index (χ0v) is 20.5. The van der Waals surface area contributed by atoms with Gasteiger partial charge in [-0.3, -0.25) is 0 Å². The third-order valence-electron chi connectivity index (χ3n) is 5.09. The Balaban J connectivity index is 0.000000575. The van der Waals surface area contributed by atoms with Gasteiger partial charge in [0.1, 0.15) is 19.4 Å². The Morgan fingerprint density at radius 3 is 2.13 bits per heavy atom. The van der Waals surface area contributed by atoms with Crippen LogP contribution in [0.15, 0.2) is 40.8 Å². The Morgan fingerprint density at radius 1 is 1.03 bits per heavy atom. The van der Waals surface area contributed by atoms with E-state index in [1.54, 1.807) is 7.11 Å². The number of hydrogen-bond donors (Lipinski definition) is 2. The number of fused-ring (bicyclic) bond motifs is 1. The fourth-order valence-electron chi connectivity index (χ4n) is 3.68. The molecule has 0 aliphatic heterocycles. The number of hydrogen-bond acceptors (Lipinski definition) is 4. The highest BCUT2D eigenvalue weighted by atomic mass is 28.3. The van der Waals surface area contributed by atoms with E-state index in [2.05, 4.69) is 69.9 Å². The Hall–Kier alpha value is -2.08. The normalized spacial score (nSPS) is 11.3. The van der Waals surface area contributed by atoms with E-state index < -0.39 is 8.07 Å². The summed E-state index contributed by atoms with van der Waals surface area (Å²) in [4.78, 5) is 0. The van der Waals surface area contributed by atoms with E-state index in [0.29, 0.717) is 0 Å². The first-order valence-corrected chi connectivity index (χ1v) is 14.4. The molecule has 3 rings (SSSR count). The molecule has 0 bridgehead atoms. The molecule has 3 aromatic rings. The molecule has 4 nitrogen and oxygen atoms in total. The van der Waals surface area contributed by atoms with Crippen LogP contribution in [0.25, 0.3) is 22.1 Å². The molecule has 0 aliphatic carbocycles. The van der Waals surface area contributed by atoms with Crippen LogP contribution in [0.4, 0.5) is 0 Å². The molecule has 1 aromatic heterocycles. The van der Waals surface area contributed by atoms with Crippen molar-refractivity contribution >= 4 is 24.4 Å². The second-order valence-electron chi connectivity index (χ2n) is 8.68. The standard InChI is InChI=1S/C22H28O2Si.C3H10N2/c1-7-11-17-18(23-3)14-15(2)19-20(16-12-9-8-10-13-16)22(24-21(17)19)25(4,5)6;4-2-1-3-5/h8-10,12-14H,7,11H2,1-6H3;1-5H2. The molecule has 0 fully saturated rings. The van der Waals surface area contributed by atoms with Gasteiger partial charge >= 0.3 is 0 Å². The van der Waals surface area contributed by atoms with Gasteiger partial charge in [0.25, 0.3) is 0 Å². The minimum Gasteiger partial charge on any atom is -0.496 e. The van der Waals surface area contributed by atoms with Gasteiger partial charge in [-0.2, -0.15) is 0 Å². The number of benzene rings is 2. The van der Waals surface area contributed by atoms with Crippen LogP contribution in [0.2, 0.25) is 19.6 Å². The molecule has 0 radical (unpaired) electrons. The first-order chi connectivity index (χ1) is 14.3. The lowest BCUT2D eigenvalue weighted by molar-refractivity contribution is 0.409. The summed E-state index contributed by atoms with van der Waals surface area (Å²) in [6, 6.07) is 12.8. The van der Waals surface area contributed by atoms with Crippen molar-refractivity contribution in [2.75, 3.05) is 20.2 Å². The Labute approximate surface area is 182 Å². The topological polar surface area (TPSA) is 74.4 Å². The van der Waals surface area contributed by atoms with E-state index in [1.807, 2.05) is 0 Å². The summed E-state index contributed by atoms with van der Waals surface area (Å²) in [5.74, 6) is 0.947. The second kappa shape index (κ2) is 10.8. The van der Waals surface area contributed by atoms with Crippen molar-refractivity contribution in [3.8, 4) is 16.9 Å². The molecule has 1 heterocycles. The van der Waals surface area contributed by atoms with Crippen LogP contribution in [0.3, 0.4) is 0 Å². The molecule has 0 saturated carbocycles. The molecular weight excluding hydrogens is 388 g/mol. The minimum absolute atomic E-state index is 0.719. The van der Waals surface area contributed by atoms with Crippen LogP contribution in [0, 0.1) is 6.92 Å². The van der Waals surface area contributed by atoms with Crippen LogP contribution in [0.5, 0.6) is 5.75 Å². The molecule has 0 atom stereocenters. The molecule has 0 saturated heterocycles. The second-order valence-corrected chi connectivity index (χ2v) is 13.6. The number of ether oxygens (including phenoxy) is 1.